The SMILES string of the molecule is O=C(c1ccccc1)[C@@H]1CCCN(C(=O)c2cc(COc3cncc(Cl)c3)on2)C1. The molecule has 30 heavy (non-hydrogen) atoms. The van der Waals surface area contributed by atoms with Gasteiger partial charge in [-0.25, -0.2) is 0 Å². The highest BCUT2D eigenvalue weighted by Crippen LogP contribution is 2.23. The summed E-state index contributed by atoms with van der Waals surface area (Å²) in [6.45, 7) is 1.06. The molecular formula is C22H20ClN3O4. The van der Waals surface area contributed by atoms with Crippen LogP contribution in [0, 0.1) is 5.92 Å². The number of Topliss-reactive ketones (excluding diaryl/α,β-unsaturated/α-hetero) is 1. The summed E-state index contributed by atoms with van der Waals surface area (Å²) in [5, 5.41) is 4.34. The average Bonchev–Trinajstić information content (AvgIpc) is 3.26. The number of hydrogen-bond donors (Lipinski definition) is 0. The molecule has 1 amide bonds. The number of carbonyl (C=O) groups excluding carboxylic acids is 2. The van der Waals surface area contributed by atoms with Crippen molar-refractivity contribution in [2.45, 2.75) is 19.4 Å². The van der Waals surface area contributed by atoms with Crippen molar-refractivity contribution in [3.05, 3.63) is 76.9 Å². The quantitative estimate of drug-likeness (QED) is 0.554. The number of nitrogens with zero attached hydrogens (tertiary/aromatic N) is 3. The molecule has 3 aromatic rings. The minimum Gasteiger partial charge on any atom is -0.484 e. The van der Waals surface area contributed by atoms with Gasteiger partial charge in [-0.2, -0.15) is 0 Å². The molecule has 1 fully saturated rings. The number of likely N-dealkylation sites (tertiary alicyclic amines) is 1. The van der Waals surface area contributed by atoms with Crippen molar-refractivity contribution < 1.29 is 18.8 Å². The lowest BCUT2D eigenvalue weighted by Gasteiger charge is -2.31. The molecule has 0 unspecified atom stereocenters. The third-order valence-corrected chi connectivity index (χ3v) is 5.18. The van der Waals surface area contributed by atoms with Gasteiger partial charge in [0.1, 0.15) is 12.4 Å². The molecule has 0 aliphatic carbocycles. The molecular weight excluding hydrogens is 406 g/mol. The second kappa shape index (κ2) is 9.09. The van der Waals surface area contributed by atoms with Gasteiger partial charge >= 0.3 is 0 Å². The highest BCUT2D eigenvalue weighted by atomic mass is 35.5. The van der Waals surface area contributed by atoms with E-state index >= 15 is 0 Å². The van der Waals surface area contributed by atoms with Gasteiger partial charge in [0.2, 0.25) is 0 Å². The van der Waals surface area contributed by atoms with E-state index in [0.717, 1.165) is 12.8 Å². The van der Waals surface area contributed by atoms with Gasteiger partial charge in [0, 0.05) is 42.9 Å². The summed E-state index contributed by atoms with van der Waals surface area (Å²) in [6, 6.07) is 12.4. The van der Waals surface area contributed by atoms with Gasteiger partial charge in [0.15, 0.2) is 17.2 Å². The minimum atomic E-state index is -0.250. The number of hydrogen-bond acceptors (Lipinski definition) is 6. The summed E-state index contributed by atoms with van der Waals surface area (Å²) in [5.74, 6) is 0.505. The third-order valence-electron chi connectivity index (χ3n) is 4.98. The van der Waals surface area contributed by atoms with Crippen molar-refractivity contribution in [3.63, 3.8) is 0 Å². The number of rotatable bonds is 6. The highest BCUT2D eigenvalue weighted by Gasteiger charge is 2.30. The smallest absolute Gasteiger partial charge is 0.276 e. The fourth-order valence-corrected chi connectivity index (χ4v) is 3.65. The number of ether oxygens (including phenoxy) is 1. The first-order chi connectivity index (χ1) is 14.6. The van der Waals surface area contributed by atoms with Crippen LogP contribution in [0.15, 0.2) is 59.4 Å². The molecule has 0 radical (unpaired) electrons. The first-order valence-electron chi connectivity index (χ1n) is 9.67. The second-order valence-electron chi connectivity index (χ2n) is 7.13. The fourth-order valence-electron chi connectivity index (χ4n) is 3.48. The van der Waals surface area contributed by atoms with E-state index in [2.05, 4.69) is 10.1 Å². The average molecular weight is 426 g/mol. The third kappa shape index (κ3) is 4.68. The lowest BCUT2D eigenvalue weighted by atomic mass is 9.90. The van der Waals surface area contributed by atoms with Crippen LogP contribution >= 0.6 is 11.6 Å². The lowest BCUT2D eigenvalue weighted by Crippen LogP contribution is -2.42. The van der Waals surface area contributed by atoms with Crippen LogP contribution in [-0.4, -0.2) is 39.8 Å². The molecule has 1 saturated heterocycles. The van der Waals surface area contributed by atoms with Crippen LogP contribution in [0.4, 0.5) is 0 Å². The summed E-state index contributed by atoms with van der Waals surface area (Å²) < 4.78 is 10.8. The van der Waals surface area contributed by atoms with Crippen molar-refractivity contribution in [2.75, 3.05) is 13.1 Å². The maximum Gasteiger partial charge on any atom is 0.276 e. The van der Waals surface area contributed by atoms with Crippen LogP contribution in [0.2, 0.25) is 5.02 Å². The van der Waals surface area contributed by atoms with Crippen LogP contribution < -0.4 is 4.74 Å². The number of halogens is 1. The first-order valence-corrected chi connectivity index (χ1v) is 10.1. The first kappa shape index (κ1) is 20.1. The van der Waals surface area contributed by atoms with Crippen LogP contribution in [-0.2, 0) is 6.61 Å². The molecule has 1 aliphatic heterocycles. The van der Waals surface area contributed by atoms with Gasteiger partial charge in [0.05, 0.1) is 11.2 Å². The Bertz CT molecular complexity index is 1040. The Kier molecular flexibility index (Phi) is 6.09. The number of aromatic nitrogens is 2. The van der Waals surface area contributed by atoms with Crippen LogP contribution in [0.25, 0.3) is 0 Å². The largest absolute Gasteiger partial charge is 0.484 e. The zero-order valence-corrected chi connectivity index (χ0v) is 16.9. The van der Waals surface area contributed by atoms with E-state index in [0.29, 0.717) is 35.2 Å². The molecule has 0 bridgehead atoms. The molecule has 0 spiro atoms. The molecule has 3 heterocycles. The zero-order valence-electron chi connectivity index (χ0n) is 16.2. The summed E-state index contributed by atoms with van der Waals surface area (Å²) in [4.78, 5) is 31.2. The number of piperidine rings is 1. The summed E-state index contributed by atoms with van der Waals surface area (Å²) in [7, 11) is 0. The highest BCUT2D eigenvalue weighted by molar-refractivity contribution is 6.30. The van der Waals surface area contributed by atoms with E-state index in [-0.39, 0.29) is 29.9 Å². The van der Waals surface area contributed by atoms with Gasteiger partial charge in [-0.15, -0.1) is 0 Å². The maximum absolute atomic E-state index is 12.9. The van der Waals surface area contributed by atoms with Gasteiger partial charge in [-0.3, -0.25) is 14.6 Å². The summed E-state index contributed by atoms with van der Waals surface area (Å²) in [5.41, 5.74) is 0.874. The molecule has 0 saturated carbocycles. The van der Waals surface area contributed by atoms with E-state index in [1.54, 1.807) is 17.0 Å². The Morgan fingerprint density at radius 3 is 2.83 bits per heavy atom. The topological polar surface area (TPSA) is 85.5 Å². The second-order valence-corrected chi connectivity index (χ2v) is 7.56. The predicted octanol–water partition coefficient (Wildman–Crippen LogP) is 4.04. The number of benzene rings is 1. The number of amides is 1. The Morgan fingerprint density at radius 1 is 1.20 bits per heavy atom. The molecule has 4 rings (SSSR count). The van der Waals surface area contributed by atoms with Crippen molar-refractivity contribution in [2.24, 2.45) is 5.92 Å². The summed E-state index contributed by atoms with van der Waals surface area (Å²) in [6.07, 6.45) is 4.58. The Balaban J connectivity index is 1.37. The van der Waals surface area contributed by atoms with Crippen molar-refractivity contribution in [1.82, 2.24) is 15.0 Å². The van der Waals surface area contributed by atoms with Gasteiger partial charge < -0.3 is 14.2 Å². The van der Waals surface area contributed by atoms with E-state index in [1.165, 1.54) is 12.4 Å². The zero-order chi connectivity index (χ0) is 20.9. The van der Waals surface area contributed by atoms with Crippen molar-refractivity contribution in [1.29, 1.82) is 0 Å². The molecule has 1 aromatic carbocycles. The molecule has 2 aromatic heterocycles. The van der Waals surface area contributed by atoms with Crippen LogP contribution in [0.1, 0.15) is 39.4 Å². The number of ketones is 1. The van der Waals surface area contributed by atoms with Crippen molar-refractivity contribution in [3.8, 4) is 5.75 Å². The molecule has 0 N–H and O–H groups in total. The van der Waals surface area contributed by atoms with Crippen LogP contribution in [0.5, 0.6) is 5.75 Å². The molecule has 8 heteroatoms. The van der Waals surface area contributed by atoms with Crippen LogP contribution in [0.3, 0.4) is 0 Å². The minimum absolute atomic E-state index is 0.0671. The number of carbonyl (C=O) groups is 2. The molecule has 154 valence electrons. The van der Waals surface area contributed by atoms with E-state index in [9.17, 15) is 9.59 Å². The van der Waals surface area contributed by atoms with E-state index in [1.807, 2.05) is 30.3 Å². The molecule has 1 atom stereocenters. The lowest BCUT2D eigenvalue weighted by molar-refractivity contribution is 0.0628. The maximum atomic E-state index is 12.9. The Hall–Kier alpha value is -3.19. The number of pyridine rings is 1. The van der Waals surface area contributed by atoms with E-state index < -0.39 is 0 Å². The van der Waals surface area contributed by atoms with Crippen molar-refractivity contribution >= 4 is 23.3 Å². The van der Waals surface area contributed by atoms with E-state index in [4.69, 9.17) is 20.9 Å². The Labute approximate surface area is 178 Å². The van der Waals surface area contributed by atoms with Gasteiger partial charge in [-0.1, -0.05) is 47.1 Å². The standard InChI is InChI=1S/C22H20ClN3O4/c23-17-9-18(12-24-11-17)29-14-19-10-20(25-30-19)22(28)26-8-4-7-16(13-26)21(27)15-5-2-1-3-6-15/h1-3,5-6,9-12,16H,4,7-8,13-14H2/t16-/m1/s1. The molecule has 1 aliphatic rings. The monoisotopic (exact) mass is 425 g/mol. The fraction of sp³-hybridized carbons (Fsp3) is 0.273. The normalized spacial score (nSPS) is 16.3. The Morgan fingerprint density at radius 2 is 2.03 bits per heavy atom. The van der Waals surface area contributed by atoms with Gasteiger partial charge in [-0.05, 0) is 12.8 Å². The predicted molar refractivity (Wildman–Crippen MR) is 109 cm³/mol. The summed E-state index contributed by atoms with van der Waals surface area (Å²) >= 11 is 5.88. The molecule has 7 nitrogen and oxygen atoms in total. The van der Waals surface area contributed by atoms with Gasteiger partial charge in [0.25, 0.3) is 5.91 Å².